The Balaban J connectivity index is 2.12. The van der Waals surface area contributed by atoms with Crippen LogP contribution in [0.3, 0.4) is 0 Å². The van der Waals surface area contributed by atoms with E-state index in [2.05, 4.69) is 5.32 Å². The summed E-state index contributed by atoms with van der Waals surface area (Å²) in [6.07, 6.45) is 9.58. The predicted octanol–water partition coefficient (Wildman–Crippen LogP) is 2.73. The maximum Gasteiger partial charge on any atom is 0.0468 e. The first kappa shape index (κ1) is 13.2. The standard InChI is InChI=1S/C13H24N2O/c1-12(10-14)11-15-7-5-13-4-2-3-8-16-9-6-13/h10-11,13-15H,2-9H2,1H3/b12-11-,14-10?. The molecular weight excluding hydrogens is 200 g/mol. The largest absolute Gasteiger partial charge is 0.391 e. The summed E-state index contributed by atoms with van der Waals surface area (Å²) < 4.78 is 5.50. The molecular formula is C13H24N2O. The van der Waals surface area contributed by atoms with Gasteiger partial charge in [0.1, 0.15) is 0 Å². The summed E-state index contributed by atoms with van der Waals surface area (Å²) >= 11 is 0. The maximum absolute atomic E-state index is 7.04. The third kappa shape index (κ3) is 5.91. The Morgan fingerprint density at radius 2 is 2.25 bits per heavy atom. The zero-order valence-electron chi connectivity index (χ0n) is 10.3. The summed E-state index contributed by atoms with van der Waals surface area (Å²) in [6.45, 7) is 4.83. The first-order valence-corrected chi connectivity index (χ1v) is 6.31. The second kappa shape index (κ2) is 8.34. The van der Waals surface area contributed by atoms with Crippen LogP contribution in [0.15, 0.2) is 11.8 Å². The van der Waals surface area contributed by atoms with Crippen molar-refractivity contribution < 1.29 is 4.74 Å². The van der Waals surface area contributed by atoms with Gasteiger partial charge in [-0.2, -0.15) is 0 Å². The Labute approximate surface area is 98.8 Å². The van der Waals surface area contributed by atoms with E-state index in [-0.39, 0.29) is 0 Å². The number of hydrogen-bond acceptors (Lipinski definition) is 3. The highest BCUT2D eigenvalue weighted by Gasteiger charge is 2.10. The fraction of sp³-hybridized carbons (Fsp3) is 0.769. The quantitative estimate of drug-likeness (QED) is 0.557. The lowest BCUT2D eigenvalue weighted by atomic mass is 9.94. The minimum absolute atomic E-state index is 0.807. The van der Waals surface area contributed by atoms with E-state index in [4.69, 9.17) is 10.1 Å². The zero-order chi connectivity index (χ0) is 11.6. The van der Waals surface area contributed by atoms with E-state index in [0.717, 1.165) is 31.2 Å². The van der Waals surface area contributed by atoms with Crippen LogP contribution >= 0.6 is 0 Å². The van der Waals surface area contributed by atoms with Crippen LogP contribution in [0.1, 0.15) is 39.0 Å². The molecule has 1 saturated heterocycles. The van der Waals surface area contributed by atoms with Crippen molar-refractivity contribution in [3.63, 3.8) is 0 Å². The molecule has 2 N–H and O–H groups in total. The molecule has 0 aromatic heterocycles. The van der Waals surface area contributed by atoms with Gasteiger partial charge < -0.3 is 15.5 Å². The number of allylic oxidation sites excluding steroid dienone is 1. The molecule has 1 aliphatic rings. The Morgan fingerprint density at radius 1 is 1.38 bits per heavy atom. The van der Waals surface area contributed by atoms with E-state index in [1.165, 1.54) is 38.3 Å². The Bertz CT molecular complexity index is 218. The molecule has 0 aliphatic carbocycles. The van der Waals surface area contributed by atoms with Gasteiger partial charge in [0.25, 0.3) is 0 Å². The van der Waals surface area contributed by atoms with Gasteiger partial charge in [-0.3, -0.25) is 0 Å². The summed E-state index contributed by atoms with van der Waals surface area (Å²) in [7, 11) is 0. The van der Waals surface area contributed by atoms with Gasteiger partial charge >= 0.3 is 0 Å². The average molecular weight is 224 g/mol. The zero-order valence-corrected chi connectivity index (χ0v) is 10.3. The van der Waals surface area contributed by atoms with Crippen molar-refractivity contribution in [3.8, 4) is 0 Å². The van der Waals surface area contributed by atoms with E-state index >= 15 is 0 Å². The molecule has 1 heterocycles. The number of ether oxygens (including phenoxy) is 1. The van der Waals surface area contributed by atoms with Crippen LogP contribution in [-0.4, -0.2) is 26.0 Å². The normalized spacial score (nSPS) is 23.3. The minimum atomic E-state index is 0.807. The average Bonchev–Trinajstić information content (AvgIpc) is 2.26. The van der Waals surface area contributed by atoms with Gasteiger partial charge in [0.15, 0.2) is 0 Å². The molecule has 0 amide bonds. The summed E-state index contributed by atoms with van der Waals surface area (Å²) in [5.41, 5.74) is 0.973. The summed E-state index contributed by atoms with van der Waals surface area (Å²) in [5.74, 6) is 0.807. The van der Waals surface area contributed by atoms with Crippen LogP contribution in [0, 0.1) is 11.3 Å². The Kier molecular flexibility index (Phi) is 6.90. The van der Waals surface area contributed by atoms with Crippen molar-refractivity contribution in [3.05, 3.63) is 11.8 Å². The van der Waals surface area contributed by atoms with E-state index in [1.54, 1.807) is 0 Å². The van der Waals surface area contributed by atoms with Crippen molar-refractivity contribution in [2.24, 2.45) is 5.92 Å². The lowest BCUT2D eigenvalue weighted by Gasteiger charge is -2.19. The Morgan fingerprint density at radius 3 is 3.06 bits per heavy atom. The van der Waals surface area contributed by atoms with Crippen LogP contribution in [0.4, 0.5) is 0 Å². The summed E-state index contributed by atoms with van der Waals surface area (Å²) in [5, 5.41) is 10.3. The van der Waals surface area contributed by atoms with Crippen LogP contribution in [0.5, 0.6) is 0 Å². The van der Waals surface area contributed by atoms with Crippen molar-refractivity contribution in [2.75, 3.05) is 19.8 Å². The van der Waals surface area contributed by atoms with E-state index < -0.39 is 0 Å². The van der Waals surface area contributed by atoms with E-state index in [1.807, 2.05) is 13.1 Å². The molecule has 1 rings (SSSR count). The highest BCUT2D eigenvalue weighted by atomic mass is 16.5. The van der Waals surface area contributed by atoms with Crippen LogP contribution in [0.25, 0.3) is 0 Å². The first-order chi connectivity index (χ1) is 7.83. The molecule has 3 nitrogen and oxygen atoms in total. The summed E-state index contributed by atoms with van der Waals surface area (Å²) in [4.78, 5) is 0. The highest BCUT2D eigenvalue weighted by molar-refractivity contribution is 5.74. The lowest BCUT2D eigenvalue weighted by Crippen LogP contribution is -2.16. The molecule has 0 aromatic carbocycles. The molecule has 0 spiro atoms. The molecule has 92 valence electrons. The van der Waals surface area contributed by atoms with E-state index in [9.17, 15) is 0 Å². The van der Waals surface area contributed by atoms with Gasteiger partial charge in [-0.1, -0.05) is 12.8 Å². The molecule has 3 heteroatoms. The number of nitrogens with one attached hydrogen (secondary N) is 2. The predicted molar refractivity (Wildman–Crippen MR) is 67.9 cm³/mol. The van der Waals surface area contributed by atoms with Gasteiger partial charge in [-0.15, -0.1) is 0 Å². The highest BCUT2D eigenvalue weighted by Crippen LogP contribution is 2.18. The molecule has 1 unspecified atom stereocenters. The van der Waals surface area contributed by atoms with Gasteiger partial charge in [-0.25, -0.2) is 0 Å². The second-order valence-electron chi connectivity index (χ2n) is 4.54. The third-order valence-electron chi connectivity index (χ3n) is 3.08. The van der Waals surface area contributed by atoms with Gasteiger partial charge in [-0.05, 0) is 37.7 Å². The Hall–Kier alpha value is -0.830. The lowest BCUT2D eigenvalue weighted by molar-refractivity contribution is 0.0986. The van der Waals surface area contributed by atoms with Crippen molar-refractivity contribution in [2.45, 2.75) is 39.0 Å². The number of rotatable bonds is 5. The van der Waals surface area contributed by atoms with Gasteiger partial charge in [0, 0.05) is 32.2 Å². The molecule has 0 aromatic rings. The second-order valence-corrected chi connectivity index (χ2v) is 4.54. The van der Waals surface area contributed by atoms with Gasteiger partial charge in [0.05, 0.1) is 0 Å². The van der Waals surface area contributed by atoms with Crippen LogP contribution in [0.2, 0.25) is 0 Å². The summed E-state index contributed by atoms with van der Waals surface area (Å²) in [6, 6.07) is 0. The number of hydrogen-bond donors (Lipinski definition) is 2. The molecule has 0 radical (unpaired) electrons. The van der Waals surface area contributed by atoms with Crippen molar-refractivity contribution in [1.29, 1.82) is 5.41 Å². The van der Waals surface area contributed by atoms with Crippen molar-refractivity contribution in [1.82, 2.24) is 5.32 Å². The van der Waals surface area contributed by atoms with Crippen LogP contribution < -0.4 is 5.32 Å². The fourth-order valence-electron chi connectivity index (χ4n) is 1.98. The molecule has 1 atom stereocenters. The molecule has 0 bridgehead atoms. The molecule has 1 aliphatic heterocycles. The molecule has 0 saturated carbocycles. The van der Waals surface area contributed by atoms with Crippen LogP contribution in [-0.2, 0) is 4.74 Å². The van der Waals surface area contributed by atoms with E-state index in [0.29, 0.717) is 0 Å². The van der Waals surface area contributed by atoms with Crippen molar-refractivity contribution >= 4 is 6.21 Å². The SMILES string of the molecule is C/C(C=N)=C/NCCC1CCCCOCC1. The first-order valence-electron chi connectivity index (χ1n) is 6.31. The topological polar surface area (TPSA) is 45.1 Å². The monoisotopic (exact) mass is 224 g/mol. The molecule has 16 heavy (non-hydrogen) atoms. The maximum atomic E-state index is 7.04. The minimum Gasteiger partial charge on any atom is -0.391 e. The smallest absolute Gasteiger partial charge is 0.0468 e. The fourth-order valence-corrected chi connectivity index (χ4v) is 1.98. The third-order valence-corrected chi connectivity index (χ3v) is 3.08. The molecule has 1 fully saturated rings. The van der Waals surface area contributed by atoms with Gasteiger partial charge in [0.2, 0.25) is 0 Å².